The first kappa shape index (κ1) is 19.5. The number of rotatable bonds is 5. The average Bonchev–Trinajstić information content (AvgIpc) is 2.77. The van der Waals surface area contributed by atoms with Crippen molar-refractivity contribution in [2.45, 2.75) is 18.9 Å². The van der Waals surface area contributed by atoms with Crippen LogP contribution in [0, 0.1) is 0 Å². The Morgan fingerprint density at radius 2 is 1.47 bits per heavy atom. The van der Waals surface area contributed by atoms with Gasteiger partial charge in [-0.15, -0.1) is 0 Å². The van der Waals surface area contributed by atoms with E-state index < -0.39 is 23.9 Å². The van der Waals surface area contributed by atoms with E-state index in [4.69, 9.17) is 14.2 Å². The van der Waals surface area contributed by atoms with Gasteiger partial charge in [-0.1, -0.05) is 48.5 Å². The molecule has 0 saturated heterocycles. The van der Waals surface area contributed by atoms with Crippen LogP contribution in [0.3, 0.4) is 0 Å². The Hall–Kier alpha value is -3.80. The van der Waals surface area contributed by atoms with Gasteiger partial charge in [0.15, 0.2) is 6.10 Å². The molecule has 0 unspecified atom stereocenters. The van der Waals surface area contributed by atoms with Crippen molar-refractivity contribution in [1.29, 1.82) is 0 Å². The molecule has 6 heteroatoms. The van der Waals surface area contributed by atoms with Gasteiger partial charge >= 0.3 is 5.97 Å². The summed E-state index contributed by atoms with van der Waals surface area (Å²) in [6.45, 7) is 1.54. The number of nitrogens with one attached hydrogen (secondary N) is 1. The Morgan fingerprint density at radius 1 is 0.900 bits per heavy atom. The molecule has 1 aliphatic rings. The maximum absolute atomic E-state index is 13.1. The number of benzene rings is 3. The van der Waals surface area contributed by atoms with Crippen LogP contribution in [0.15, 0.2) is 72.8 Å². The molecule has 1 aliphatic heterocycles. The fourth-order valence-electron chi connectivity index (χ4n) is 3.44. The first-order valence-electron chi connectivity index (χ1n) is 9.58. The summed E-state index contributed by atoms with van der Waals surface area (Å²) < 4.78 is 16.7. The van der Waals surface area contributed by atoms with E-state index in [1.165, 1.54) is 7.11 Å². The Labute approximate surface area is 174 Å². The Morgan fingerprint density at radius 3 is 2.10 bits per heavy atom. The van der Waals surface area contributed by atoms with E-state index in [-0.39, 0.29) is 0 Å². The van der Waals surface area contributed by atoms with E-state index in [0.717, 1.165) is 0 Å². The molecule has 3 aromatic rings. The summed E-state index contributed by atoms with van der Waals surface area (Å²) in [6.07, 6.45) is -0.996. The minimum absolute atomic E-state index is 0.443. The lowest BCUT2D eigenvalue weighted by molar-refractivity contribution is -0.153. The van der Waals surface area contributed by atoms with Crippen molar-refractivity contribution in [2.75, 3.05) is 12.4 Å². The molecule has 4 rings (SSSR count). The lowest BCUT2D eigenvalue weighted by atomic mass is 9.88. The van der Waals surface area contributed by atoms with E-state index in [9.17, 15) is 9.59 Å². The molecular weight excluding hydrogens is 382 g/mol. The fraction of sp³-hybridized carbons (Fsp3) is 0.167. The standard InChI is InChI=1S/C24H21NO5/c1-15(23(26)25-18-11-5-8-14-21(18)28-2)29-24(27)22-16-9-3-6-12-19(16)30-20-13-7-4-10-17(20)22/h3-15,22H,1-2H3,(H,25,26)/t15-/m1/s1. The molecular formula is C24H21NO5. The quantitative estimate of drug-likeness (QED) is 0.635. The summed E-state index contributed by atoms with van der Waals surface area (Å²) >= 11 is 0. The monoisotopic (exact) mass is 403 g/mol. The van der Waals surface area contributed by atoms with Gasteiger partial charge in [0.25, 0.3) is 5.91 Å². The number of fused-ring (bicyclic) bond motifs is 2. The number of hydrogen-bond donors (Lipinski definition) is 1. The van der Waals surface area contributed by atoms with Gasteiger partial charge in [0.05, 0.1) is 12.8 Å². The highest BCUT2D eigenvalue weighted by molar-refractivity contribution is 5.97. The minimum Gasteiger partial charge on any atom is -0.495 e. The molecule has 0 saturated carbocycles. The second-order valence-electron chi connectivity index (χ2n) is 6.88. The number of hydrogen-bond acceptors (Lipinski definition) is 5. The van der Waals surface area contributed by atoms with E-state index >= 15 is 0 Å². The predicted molar refractivity (Wildman–Crippen MR) is 112 cm³/mol. The SMILES string of the molecule is COc1ccccc1NC(=O)[C@@H](C)OC(=O)C1c2ccccc2Oc2ccccc21. The smallest absolute Gasteiger partial charge is 0.318 e. The molecule has 30 heavy (non-hydrogen) atoms. The first-order chi connectivity index (χ1) is 14.6. The molecule has 6 nitrogen and oxygen atoms in total. The second kappa shape index (κ2) is 8.29. The van der Waals surface area contributed by atoms with Crippen molar-refractivity contribution in [2.24, 2.45) is 0 Å². The number of amides is 1. The minimum atomic E-state index is -0.996. The molecule has 152 valence electrons. The van der Waals surface area contributed by atoms with Crippen LogP contribution in [0.25, 0.3) is 0 Å². The van der Waals surface area contributed by atoms with Crippen LogP contribution in [-0.2, 0) is 14.3 Å². The Kier molecular flexibility index (Phi) is 5.39. The lowest BCUT2D eigenvalue weighted by Crippen LogP contribution is -2.32. The summed E-state index contributed by atoms with van der Waals surface area (Å²) in [7, 11) is 1.52. The largest absolute Gasteiger partial charge is 0.495 e. The van der Waals surface area contributed by atoms with Crippen LogP contribution < -0.4 is 14.8 Å². The zero-order valence-electron chi connectivity index (χ0n) is 16.6. The Balaban J connectivity index is 1.54. The van der Waals surface area contributed by atoms with Crippen LogP contribution in [0.5, 0.6) is 17.2 Å². The van der Waals surface area contributed by atoms with Gasteiger partial charge in [0.1, 0.15) is 23.2 Å². The maximum atomic E-state index is 13.1. The number of methoxy groups -OCH3 is 1. The van der Waals surface area contributed by atoms with Gasteiger partial charge in [-0.05, 0) is 31.2 Å². The fourth-order valence-corrected chi connectivity index (χ4v) is 3.44. The van der Waals surface area contributed by atoms with Gasteiger partial charge in [0, 0.05) is 11.1 Å². The van der Waals surface area contributed by atoms with E-state index in [2.05, 4.69) is 5.32 Å². The summed E-state index contributed by atoms with van der Waals surface area (Å²) in [5.41, 5.74) is 1.92. The Bertz CT molecular complexity index is 1050. The molecule has 0 spiro atoms. The summed E-state index contributed by atoms with van der Waals surface area (Å²) in [4.78, 5) is 25.8. The van der Waals surface area contributed by atoms with Gasteiger partial charge in [-0.2, -0.15) is 0 Å². The highest BCUT2D eigenvalue weighted by atomic mass is 16.5. The van der Waals surface area contributed by atoms with Crippen molar-refractivity contribution in [3.8, 4) is 17.2 Å². The summed E-state index contributed by atoms with van der Waals surface area (Å²) in [5.74, 6) is 0.0974. The van der Waals surface area contributed by atoms with Crippen molar-refractivity contribution >= 4 is 17.6 Å². The number of para-hydroxylation sites is 4. The van der Waals surface area contributed by atoms with Gasteiger partial charge in [-0.3, -0.25) is 9.59 Å². The van der Waals surface area contributed by atoms with Crippen molar-refractivity contribution in [1.82, 2.24) is 0 Å². The molecule has 0 aromatic heterocycles. The topological polar surface area (TPSA) is 73.9 Å². The number of carbonyl (C=O) groups excluding carboxylic acids is 2. The molecule has 1 N–H and O–H groups in total. The third-order valence-electron chi connectivity index (χ3n) is 4.94. The highest BCUT2D eigenvalue weighted by Gasteiger charge is 2.35. The van der Waals surface area contributed by atoms with E-state index in [1.54, 1.807) is 31.2 Å². The number of esters is 1. The lowest BCUT2D eigenvalue weighted by Gasteiger charge is -2.27. The summed E-state index contributed by atoms with van der Waals surface area (Å²) in [5, 5.41) is 2.74. The number of ether oxygens (including phenoxy) is 3. The number of anilines is 1. The normalized spacial score (nSPS) is 13.3. The second-order valence-corrected chi connectivity index (χ2v) is 6.88. The maximum Gasteiger partial charge on any atom is 0.318 e. The van der Waals surface area contributed by atoms with Crippen molar-refractivity contribution in [3.63, 3.8) is 0 Å². The predicted octanol–water partition coefficient (Wildman–Crippen LogP) is 4.50. The molecule has 0 bridgehead atoms. The van der Waals surface area contributed by atoms with Crippen LogP contribution in [0.2, 0.25) is 0 Å². The van der Waals surface area contributed by atoms with Crippen molar-refractivity contribution in [3.05, 3.63) is 83.9 Å². The van der Waals surface area contributed by atoms with Crippen LogP contribution >= 0.6 is 0 Å². The van der Waals surface area contributed by atoms with Gasteiger partial charge in [0.2, 0.25) is 0 Å². The molecule has 1 amide bonds. The number of carbonyl (C=O) groups is 2. The molecule has 3 aromatic carbocycles. The highest BCUT2D eigenvalue weighted by Crippen LogP contribution is 2.44. The summed E-state index contributed by atoms with van der Waals surface area (Å²) in [6, 6.07) is 21.7. The molecule has 0 aliphatic carbocycles. The average molecular weight is 403 g/mol. The van der Waals surface area contributed by atoms with Gasteiger partial charge in [-0.25, -0.2) is 0 Å². The van der Waals surface area contributed by atoms with Crippen LogP contribution in [0.4, 0.5) is 5.69 Å². The third kappa shape index (κ3) is 3.72. The van der Waals surface area contributed by atoms with Crippen molar-refractivity contribution < 1.29 is 23.8 Å². The molecule has 0 radical (unpaired) electrons. The van der Waals surface area contributed by atoms with Crippen LogP contribution in [-0.4, -0.2) is 25.1 Å². The van der Waals surface area contributed by atoms with E-state index in [0.29, 0.717) is 34.1 Å². The van der Waals surface area contributed by atoms with E-state index in [1.807, 2.05) is 48.5 Å². The van der Waals surface area contributed by atoms with Crippen LogP contribution in [0.1, 0.15) is 24.0 Å². The third-order valence-corrected chi connectivity index (χ3v) is 4.94. The molecule has 1 atom stereocenters. The molecule has 1 heterocycles. The first-order valence-corrected chi connectivity index (χ1v) is 9.58. The van der Waals surface area contributed by atoms with Gasteiger partial charge < -0.3 is 19.5 Å². The zero-order chi connectivity index (χ0) is 21.1. The zero-order valence-corrected chi connectivity index (χ0v) is 16.6. The molecule has 0 fully saturated rings.